The average molecular weight is 352 g/mol. The molecule has 26 heavy (non-hydrogen) atoms. The summed E-state index contributed by atoms with van der Waals surface area (Å²) in [6.45, 7) is 4.65. The zero-order chi connectivity index (χ0) is 17.9. The van der Waals surface area contributed by atoms with Gasteiger partial charge in [0, 0.05) is 23.7 Å². The molecule has 2 unspecified atom stereocenters. The molecule has 1 fully saturated rings. The van der Waals surface area contributed by atoms with E-state index in [1.54, 1.807) is 0 Å². The minimum atomic E-state index is 0.00207. The predicted octanol–water partition coefficient (Wildman–Crippen LogP) is 3.27. The van der Waals surface area contributed by atoms with Gasteiger partial charge in [-0.1, -0.05) is 30.3 Å². The second-order valence-electron chi connectivity index (χ2n) is 6.92. The second-order valence-corrected chi connectivity index (χ2v) is 6.92. The molecular weight excluding hydrogens is 328 g/mol. The van der Waals surface area contributed by atoms with Crippen LogP contribution in [0, 0.1) is 0 Å². The van der Waals surface area contributed by atoms with Crippen molar-refractivity contribution in [2.75, 3.05) is 31.6 Å². The molecule has 1 amide bonds. The van der Waals surface area contributed by atoms with Crippen LogP contribution in [0.1, 0.15) is 24.8 Å². The number of hydrogen-bond donors (Lipinski definition) is 1. The normalized spacial score (nSPS) is 22.2. The Balaban J connectivity index is 1.36. The summed E-state index contributed by atoms with van der Waals surface area (Å²) >= 11 is 0. The second kappa shape index (κ2) is 7.38. The van der Waals surface area contributed by atoms with Gasteiger partial charge in [-0.25, -0.2) is 0 Å². The Bertz CT molecular complexity index is 778. The molecule has 0 aliphatic carbocycles. The Morgan fingerprint density at radius 3 is 2.69 bits per heavy atom. The van der Waals surface area contributed by atoms with E-state index in [1.165, 1.54) is 5.56 Å². The molecule has 0 bridgehead atoms. The summed E-state index contributed by atoms with van der Waals surface area (Å²) in [6.07, 6.45) is 1.09. The fraction of sp³-hybridized carbons (Fsp3) is 0.381. The van der Waals surface area contributed by atoms with Crippen LogP contribution in [-0.2, 0) is 4.79 Å². The molecule has 2 aromatic rings. The summed E-state index contributed by atoms with van der Waals surface area (Å²) in [5.41, 5.74) is 2.10. The highest BCUT2D eigenvalue weighted by Gasteiger charge is 2.32. The number of ether oxygens (including phenoxy) is 2. The fourth-order valence-electron chi connectivity index (χ4n) is 3.88. The smallest absolute Gasteiger partial charge is 0.238 e. The van der Waals surface area contributed by atoms with Crippen molar-refractivity contribution in [2.24, 2.45) is 0 Å². The first-order chi connectivity index (χ1) is 12.7. The number of carbonyl (C=O) groups is 1. The number of rotatable bonds is 4. The van der Waals surface area contributed by atoms with Gasteiger partial charge in [-0.2, -0.15) is 0 Å². The molecule has 2 aliphatic heterocycles. The van der Waals surface area contributed by atoms with E-state index < -0.39 is 0 Å². The summed E-state index contributed by atoms with van der Waals surface area (Å²) in [6, 6.07) is 16.4. The Morgan fingerprint density at radius 1 is 1.12 bits per heavy atom. The molecule has 0 saturated carbocycles. The summed E-state index contributed by atoms with van der Waals surface area (Å²) in [5.74, 6) is 1.90. The molecule has 0 aromatic heterocycles. The molecule has 1 N–H and O–H groups in total. The predicted molar refractivity (Wildman–Crippen MR) is 101 cm³/mol. The lowest BCUT2D eigenvalue weighted by molar-refractivity contribution is -0.117. The molecule has 2 heterocycles. The van der Waals surface area contributed by atoms with Crippen molar-refractivity contribution in [1.82, 2.24) is 4.90 Å². The van der Waals surface area contributed by atoms with Crippen molar-refractivity contribution in [3.63, 3.8) is 0 Å². The van der Waals surface area contributed by atoms with Crippen LogP contribution < -0.4 is 14.8 Å². The lowest BCUT2D eigenvalue weighted by Gasteiger charge is -2.24. The minimum absolute atomic E-state index is 0.00207. The average Bonchev–Trinajstić information content (AvgIpc) is 3.02. The third-order valence-electron chi connectivity index (χ3n) is 5.29. The number of anilines is 1. The van der Waals surface area contributed by atoms with Crippen LogP contribution in [0.4, 0.5) is 5.69 Å². The quantitative estimate of drug-likeness (QED) is 0.917. The van der Waals surface area contributed by atoms with Crippen molar-refractivity contribution < 1.29 is 14.3 Å². The topological polar surface area (TPSA) is 50.8 Å². The van der Waals surface area contributed by atoms with Crippen molar-refractivity contribution in [3.8, 4) is 11.5 Å². The largest absolute Gasteiger partial charge is 0.486 e. The number of hydrogen-bond acceptors (Lipinski definition) is 4. The zero-order valence-electron chi connectivity index (χ0n) is 15.0. The van der Waals surface area contributed by atoms with Gasteiger partial charge in [0.15, 0.2) is 11.5 Å². The van der Waals surface area contributed by atoms with E-state index >= 15 is 0 Å². The Hall–Kier alpha value is -2.53. The maximum atomic E-state index is 12.5. The van der Waals surface area contributed by atoms with E-state index in [9.17, 15) is 4.79 Å². The van der Waals surface area contributed by atoms with Gasteiger partial charge < -0.3 is 14.8 Å². The van der Waals surface area contributed by atoms with E-state index in [0.717, 1.165) is 24.4 Å². The molecule has 2 aliphatic rings. The first-order valence-corrected chi connectivity index (χ1v) is 9.19. The summed E-state index contributed by atoms with van der Waals surface area (Å²) in [7, 11) is 0. The molecule has 1 saturated heterocycles. The van der Waals surface area contributed by atoms with Gasteiger partial charge >= 0.3 is 0 Å². The maximum absolute atomic E-state index is 12.5. The third kappa shape index (κ3) is 3.53. The lowest BCUT2D eigenvalue weighted by Crippen LogP contribution is -2.36. The molecule has 0 spiro atoms. The van der Waals surface area contributed by atoms with Crippen molar-refractivity contribution >= 4 is 11.6 Å². The van der Waals surface area contributed by atoms with Crippen molar-refractivity contribution in [3.05, 3.63) is 54.1 Å². The van der Waals surface area contributed by atoms with Crippen LogP contribution in [0.3, 0.4) is 0 Å². The molecule has 136 valence electrons. The van der Waals surface area contributed by atoms with Gasteiger partial charge in [0.05, 0.1) is 6.54 Å². The van der Waals surface area contributed by atoms with E-state index in [1.807, 2.05) is 24.3 Å². The van der Waals surface area contributed by atoms with Crippen LogP contribution in [-0.4, -0.2) is 43.2 Å². The molecular formula is C21H24N2O3. The molecule has 5 nitrogen and oxygen atoms in total. The van der Waals surface area contributed by atoms with E-state index in [4.69, 9.17) is 9.47 Å². The van der Waals surface area contributed by atoms with Gasteiger partial charge in [0.1, 0.15) is 13.2 Å². The zero-order valence-corrected chi connectivity index (χ0v) is 15.0. The van der Waals surface area contributed by atoms with E-state index in [-0.39, 0.29) is 5.91 Å². The first kappa shape index (κ1) is 16.9. The van der Waals surface area contributed by atoms with Crippen LogP contribution in [0.2, 0.25) is 0 Å². The summed E-state index contributed by atoms with van der Waals surface area (Å²) < 4.78 is 11.1. The Morgan fingerprint density at radius 2 is 1.88 bits per heavy atom. The van der Waals surface area contributed by atoms with Gasteiger partial charge in [-0.15, -0.1) is 0 Å². The number of benzene rings is 2. The number of amides is 1. The van der Waals surface area contributed by atoms with Crippen molar-refractivity contribution in [2.45, 2.75) is 25.3 Å². The Labute approximate surface area is 153 Å². The minimum Gasteiger partial charge on any atom is -0.486 e. The number of carbonyl (C=O) groups excluding carboxylic acids is 1. The van der Waals surface area contributed by atoms with Crippen LogP contribution in [0.15, 0.2) is 48.5 Å². The van der Waals surface area contributed by atoms with E-state index in [2.05, 4.69) is 41.4 Å². The highest BCUT2D eigenvalue weighted by molar-refractivity contribution is 5.92. The third-order valence-corrected chi connectivity index (χ3v) is 5.29. The summed E-state index contributed by atoms with van der Waals surface area (Å²) in [4.78, 5) is 14.8. The van der Waals surface area contributed by atoms with Crippen LogP contribution in [0.25, 0.3) is 0 Å². The van der Waals surface area contributed by atoms with Crippen LogP contribution in [0.5, 0.6) is 11.5 Å². The first-order valence-electron chi connectivity index (χ1n) is 9.19. The monoisotopic (exact) mass is 352 g/mol. The molecule has 4 rings (SSSR count). The molecule has 5 heteroatoms. The summed E-state index contributed by atoms with van der Waals surface area (Å²) in [5, 5.41) is 2.98. The maximum Gasteiger partial charge on any atom is 0.238 e. The number of likely N-dealkylation sites (tertiary alicyclic amines) is 1. The lowest BCUT2D eigenvalue weighted by atomic mass is 9.93. The highest BCUT2D eigenvalue weighted by atomic mass is 16.6. The number of fused-ring (bicyclic) bond motifs is 1. The van der Waals surface area contributed by atoms with E-state index in [0.29, 0.717) is 37.5 Å². The SMILES string of the molecule is CC1C(c2ccccc2)CCN1CC(=O)Nc1ccc2c(c1)OCCO2. The number of nitrogens with one attached hydrogen (secondary N) is 1. The molecule has 0 radical (unpaired) electrons. The van der Waals surface area contributed by atoms with Crippen molar-refractivity contribution in [1.29, 1.82) is 0 Å². The molecule has 2 aromatic carbocycles. The standard InChI is InChI=1S/C21H24N2O3/c1-15-18(16-5-3-2-4-6-16)9-10-23(15)14-21(24)22-17-7-8-19-20(13-17)26-12-11-25-19/h2-8,13,15,18H,9-12,14H2,1H3,(H,22,24). The van der Waals surface area contributed by atoms with Crippen LogP contribution >= 0.6 is 0 Å². The van der Waals surface area contributed by atoms with Gasteiger partial charge in [-0.3, -0.25) is 9.69 Å². The van der Waals surface area contributed by atoms with Gasteiger partial charge in [-0.05, 0) is 37.6 Å². The fourth-order valence-corrected chi connectivity index (χ4v) is 3.88. The highest BCUT2D eigenvalue weighted by Crippen LogP contribution is 2.34. The molecule has 2 atom stereocenters. The Kier molecular flexibility index (Phi) is 4.80. The van der Waals surface area contributed by atoms with Gasteiger partial charge in [0.25, 0.3) is 0 Å². The van der Waals surface area contributed by atoms with Gasteiger partial charge in [0.2, 0.25) is 5.91 Å². The number of nitrogens with zero attached hydrogens (tertiary/aromatic N) is 1.